The molecule has 2 N–H and O–H groups in total. The van der Waals surface area contributed by atoms with Crippen molar-refractivity contribution in [2.75, 3.05) is 23.3 Å². The number of nitrogens with one attached hydrogen (secondary N) is 2. The van der Waals surface area contributed by atoms with Crippen molar-refractivity contribution in [3.8, 4) is 11.3 Å². The van der Waals surface area contributed by atoms with Gasteiger partial charge in [-0.1, -0.05) is 48.9 Å². The molecule has 1 saturated heterocycles. The first-order chi connectivity index (χ1) is 14.6. The molecular weight excluding hydrogens is 418 g/mol. The van der Waals surface area contributed by atoms with Gasteiger partial charge in [-0.2, -0.15) is 4.98 Å². The normalized spacial score (nSPS) is 16.3. The summed E-state index contributed by atoms with van der Waals surface area (Å²) in [6.45, 7) is 4.65. The van der Waals surface area contributed by atoms with Gasteiger partial charge in [0.05, 0.1) is 6.54 Å². The van der Waals surface area contributed by atoms with Gasteiger partial charge in [0.15, 0.2) is 5.11 Å². The van der Waals surface area contributed by atoms with E-state index in [1.54, 1.807) is 6.07 Å². The van der Waals surface area contributed by atoms with Crippen LogP contribution in [0.2, 0.25) is 5.15 Å². The fourth-order valence-electron chi connectivity index (χ4n) is 3.56. The molecule has 1 aromatic carbocycles. The van der Waals surface area contributed by atoms with E-state index in [4.69, 9.17) is 28.2 Å². The summed E-state index contributed by atoms with van der Waals surface area (Å²) in [4.78, 5) is 11.1. The van der Waals surface area contributed by atoms with Crippen LogP contribution in [0.5, 0.6) is 0 Å². The van der Waals surface area contributed by atoms with E-state index in [0.29, 0.717) is 28.7 Å². The van der Waals surface area contributed by atoms with Crippen molar-refractivity contribution in [2.24, 2.45) is 5.92 Å². The van der Waals surface area contributed by atoms with E-state index in [1.165, 1.54) is 6.42 Å². The fraction of sp³-hybridized carbons (Fsp3) is 0.318. The van der Waals surface area contributed by atoms with E-state index in [1.807, 2.05) is 42.5 Å². The molecule has 2 aromatic heterocycles. The van der Waals surface area contributed by atoms with Crippen LogP contribution in [0.25, 0.3) is 11.3 Å². The number of rotatable bonds is 5. The lowest BCUT2D eigenvalue weighted by Crippen LogP contribution is -2.35. The molecule has 8 heteroatoms. The molecule has 0 aliphatic carbocycles. The molecule has 0 radical (unpaired) electrons. The third-order valence-electron chi connectivity index (χ3n) is 5.03. The Morgan fingerprint density at radius 2 is 2.07 bits per heavy atom. The fourth-order valence-corrected chi connectivity index (χ4v) is 3.91. The van der Waals surface area contributed by atoms with Crippen molar-refractivity contribution >= 4 is 40.7 Å². The maximum absolute atomic E-state index is 6.23. The molecular formula is C22H24ClN5OS. The molecule has 3 heterocycles. The van der Waals surface area contributed by atoms with Crippen molar-refractivity contribution in [1.29, 1.82) is 0 Å². The van der Waals surface area contributed by atoms with Gasteiger partial charge in [-0.15, -0.1) is 0 Å². The molecule has 1 atom stereocenters. The van der Waals surface area contributed by atoms with Gasteiger partial charge in [-0.05, 0) is 43.1 Å². The summed E-state index contributed by atoms with van der Waals surface area (Å²) in [6.07, 6.45) is 2.40. The lowest BCUT2D eigenvalue weighted by atomic mass is 10.0. The smallest absolute Gasteiger partial charge is 0.232 e. The predicted octanol–water partition coefficient (Wildman–Crippen LogP) is 5.11. The molecule has 3 aromatic rings. The highest BCUT2D eigenvalue weighted by molar-refractivity contribution is 7.80. The van der Waals surface area contributed by atoms with E-state index < -0.39 is 0 Å². The van der Waals surface area contributed by atoms with E-state index in [-0.39, 0.29) is 0 Å². The Morgan fingerprint density at radius 1 is 1.23 bits per heavy atom. The van der Waals surface area contributed by atoms with Crippen LogP contribution in [-0.2, 0) is 6.54 Å². The topological polar surface area (TPSA) is 66.2 Å². The highest BCUT2D eigenvalue weighted by atomic mass is 35.5. The number of hydrogen-bond acceptors (Lipinski definition) is 5. The lowest BCUT2D eigenvalue weighted by Gasteiger charge is -2.32. The second-order valence-electron chi connectivity index (χ2n) is 7.51. The molecule has 0 unspecified atom stereocenters. The standard InChI is InChI=1S/C22H24ClN5OS/c1-15-6-5-11-28(14-15)20-12-19(23)25-21(26-20)27-22(30)24-13-17-9-10-18(29-17)16-7-3-2-4-8-16/h2-4,7-10,12,15H,5-6,11,13-14H2,1H3,(H2,24,25,26,27,30)/t15-/m0/s1. The molecule has 1 fully saturated rings. The van der Waals surface area contributed by atoms with Gasteiger partial charge in [0.1, 0.15) is 22.5 Å². The molecule has 1 aliphatic heterocycles. The summed E-state index contributed by atoms with van der Waals surface area (Å²) in [7, 11) is 0. The Balaban J connectivity index is 1.36. The lowest BCUT2D eigenvalue weighted by molar-refractivity contribution is 0.444. The van der Waals surface area contributed by atoms with E-state index in [9.17, 15) is 0 Å². The van der Waals surface area contributed by atoms with Crippen molar-refractivity contribution in [2.45, 2.75) is 26.3 Å². The molecule has 30 heavy (non-hydrogen) atoms. The summed E-state index contributed by atoms with van der Waals surface area (Å²) < 4.78 is 5.89. The minimum absolute atomic E-state index is 0.387. The summed E-state index contributed by atoms with van der Waals surface area (Å²) in [5.74, 6) is 3.46. The van der Waals surface area contributed by atoms with E-state index >= 15 is 0 Å². The number of benzene rings is 1. The number of halogens is 1. The maximum atomic E-state index is 6.23. The molecule has 156 valence electrons. The first kappa shape index (κ1) is 20.6. The van der Waals surface area contributed by atoms with Crippen molar-refractivity contribution in [1.82, 2.24) is 15.3 Å². The highest BCUT2D eigenvalue weighted by Crippen LogP contribution is 2.24. The second-order valence-corrected chi connectivity index (χ2v) is 8.30. The monoisotopic (exact) mass is 441 g/mol. The van der Waals surface area contributed by atoms with Crippen LogP contribution in [0, 0.1) is 5.92 Å². The number of piperidine rings is 1. The van der Waals surface area contributed by atoms with Crippen LogP contribution in [-0.4, -0.2) is 28.2 Å². The minimum Gasteiger partial charge on any atom is -0.459 e. The van der Waals surface area contributed by atoms with Crippen molar-refractivity contribution < 1.29 is 4.42 Å². The molecule has 6 nitrogen and oxygen atoms in total. The Hall–Kier alpha value is -2.64. The van der Waals surface area contributed by atoms with Crippen LogP contribution in [0.1, 0.15) is 25.5 Å². The molecule has 0 amide bonds. The number of furan rings is 1. The summed E-state index contributed by atoms with van der Waals surface area (Å²) in [5.41, 5.74) is 1.04. The number of anilines is 2. The second kappa shape index (κ2) is 9.45. The van der Waals surface area contributed by atoms with Gasteiger partial charge in [-0.25, -0.2) is 4.98 Å². The number of nitrogens with zero attached hydrogens (tertiary/aromatic N) is 3. The summed E-state index contributed by atoms with van der Waals surface area (Å²) in [5, 5.41) is 6.96. The SMILES string of the molecule is C[C@H]1CCCN(c2cc(Cl)nc(NC(=S)NCc3ccc(-c4ccccc4)o3)n2)C1. The Labute approximate surface area is 186 Å². The largest absolute Gasteiger partial charge is 0.459 e. The van der Waals surface area contributed by atoms with Crippen molar-refractivity contribution in [3.63, 3.8) is 0 Å². The maximum Gasteiger partial charge on any atom is 0.232 e. The van der Waals surface area contributed by atoms with Crippen LogP contribution in [0.15, 0.2) is 52.9 Å². The van der Waals surface area contributed by atoms with Gasteiger partial charge >= 0.3 is 0 Å². The number of aromatic nitrogens is 2. The zero-order valence-corrected chi connectivity index (χ0v) is 18.3. The first-order valence-corrected chi connectivity index (χ1v) is 10.8. The highest BCUT2D eigenvalue weighted by Gasteiger charge is 2.19. The van der Waals surface area contributed by atoms with Crippen LogP contribution < -0.4 is 15.5 Å². The third kappa shape index (κ3) is 5.29. The van der Waals surface area contributed by atoms with E-state index in [2.05, 4.69) is 32.4 Å². The molecule has 0 spiro atoms. The van der Waals surface area contributed by atoms with Crippen LogP contribution in [0.4, 0.5) is 11.8 Å². The van der Waals surface area contributed by atoms with Gasteiger partial charge in [0.25, 0.3) is 0 Å². The van der Waals surface area contributed by atoms with Crippen LogP contribution in [0.3, 0.4) is 0 Å². The number of thiocarbonyl (C=S) groups is 1. The quantitative estimate of drug-likeness (QED) is 0.421. The predicted molar refractivity (Wildman–Crippen MR) is 125 cm³/mol. The summed E-state index contributed by atoms with van der Waals surface area (Å²) >= 11 is 11.6. The zero-order chi connectivity index (χ0) is 20.9. The third-order valence-corrected chi connectivity index (χ3v) is 5.47. The Bertz CT molecular complexity index is 1010. The zero-order valence-electron chi connectivity index (χ0n) is 16.8. The molecule has 1 aliphatic rings. The molecule has 0 bridgehead atoms. The van der Waals surface area contributed by atoms with Crippen LogP contribution >= 0.6 is 23.8 Å². The Kier molecular flexibility index (Phi) is 6.50. The van der Waals surface area contributed by atoms with E-state index in [0.717, 1.165) is 42.4 Å². The number of hydrogen-bond donors (Lipinski definition) is 2. The van der Waals surface area contributed by atoms with Crippen molar-refractivity contribution in [3.05, 3.63) is 59.4 Å². The minimum atomic E-state index is 0.387. The van der Waals surface area contributed by atoms with Gasteiger partial charge in [0, 0.05) is 24.7 Å². The average Bonchev–Trinajstić information content (AvgIpc) is 3.22. The van der Waals surface area contributed by atoms with Gasteiger partial charge in [0.2, 0.25) is 5.95 Å². The molecule has 0 saturated carbocycles. The molecule has 4 rings (SSSR count). The Morgan fingerprint density at radius 3 is 2.87 bits per heavy atom. The summed E-state index contributed by atoms with van der Waals surface area (Å²) in [6, 6.07) is 15.7. The van der Waals surface area contributed by atoms with Gasteiger partial charge in [-0.3, -0.25) is 0 Å². The van der Waals surface area contributed by atoms with Gasteiger partial charge < -0.3 is 20.0 Å². The first-order valence-electron chi connectivity index (χ1n) is 10.1. The average molecular weight is 442 g/mol.